The van der Waals surface area contributed by atoms with E-state index in [0.717, 1.165) is 27.9 Å². The van der Waals surface area contributed by atoms with Crippen LogP contribution in [0.25, 0.3) is 0 Å². The van der Waals surface area contributed by atoms with Crippen molar-refractivity contribution in [2.24, 2.45) is 0 Å². The molecule has 114 valence electrons. The van der Waals surface area contributed by atoms with E-state index in [0.29, 0.717) is 19.1 Å². The molecule has 20 heavy (non-hydrogen) atoms. The van der Waals surface area contributed by atoms with Crippen molar-refractivity contribution >= 4 is 15.9 Å². The molecule has 0 aliphatic rings. The summed E-state index contributed by atoms with van der Waals surface area (Å²) in [7, 11) is 0. The summed E-state index contributed by atoms with van der Waals surface area (Å²) in [6.07, 6.45) is 0.669. The first-order chi connectivity index (χ1) is 9.25. The van der Waals surface area contributed by atoms with Gasteiger partial charge >= 0.3 is 0 Å². The van der Waals surface area contributed by atoms with Crippen LogP contribution in [0.3, 0.4) is 0 Å². The molecule has 2 N–H and O–H groups in total. The lowest BCUT2D eigenvalue weighted by Crippen LogP contribution is -2.31. The van der Waals surface area contributed by atoms with Gasteiger partial charge in [0.25, 0.3) is 0 Å². The summed E-state index contributed by atoms with van der Waals surface area (Å²) in [5.41, 5.74) is 1.40. The Morgan fingerprint density at radius 1 is 1.40 bits per heavy atom. The first-order valence-electron chi connectivity index (χ1n) is 7.12. The summed E-state index contributed by atoms with van der Waals surface area (Å²) >= 11 is 3.53. The average Bonchev–Trinajstić information content (AvgIpc) is 2.34. The van der Waals surface area contributed by atoms with E-state index < -0.39 is 5.60 Å². The van der Waals surface area contributed by atoms with Gasteiger partial charge in [0.05, 0.1) is 5.60 Å². The Morgan fingerprint density at radius 3 is 2.60 bits per heavy atom. The fourth-order valence-electron chi connectivity index (χ4n) is 1.78. The van der Waals surface area contributed by atoms with Crippen molar-refractivity contribution in [2.75, 3.05) is 6.61 Å². The van der Waals surface area contributed by atoms with Crippen LogP contribution in [0, 0.1) is 6.92 Å². The molecule has 0 aliphatic heterocycles. The van der Waals surface area contributed by atoms with Crippen molar-refractivity contribution in [3.05, 3.63) is 27.7 Å². The minimum Gasteiger partial charge on any atom is -0.490 e. The molecule has 1 atom stereocenters. The molecule has 0 saturated carbocycles. The third-order valence-electron chi connectivity index (χ3n) is 3.31. The van der Waals surface area contributed by atoms with Crippen molar-refractivity contribution < 1.29 is 9.84 Å². The molecule has 0 spiro atoms. The molecular formula is C16H26BrNO2. The van der Waals surface area contributed by atoms with Crippen LogP contribution < -0.4 is 10.1 Å². The maximum absolute atomic E-state index is 10.1. The van der Waals surface area contributed by atoms with Gasteiger partial charge in [-0.2, -0.15) is 0 Å². The zero-order chi connectivity index (χ0) is 15.3. The minimum absolute atomic E-state index is 0.306. The van der Waals surface area contributed by atoms with Gasteiger partial charge in [-0.05, 0) is 38.0 Å². The third-order valence-corrected chi connectivity index (χ3v) is 3.76. The molecule has 0 amide bonds. The van der Waals surface area contributed by atoms with Crippen LogP contribution in [-0.2, 0) is 6.54 Å². The van der Waals surface area contributed by atoms with E-state index in [4.69, 9.17) is 4.74 Å². The van der Waals surface area contributed by atoms with Gasteiger partial charge in [-0.15, -0.1) is 0 Å². The normalized spacial score (nSPS) is 14.4. The number of aryl methyl sites for hydroxylation is 1. The lowest BCUT2D eigenvalue weighted by molar-refractivity contribution is 0.00795. The quantitative estimate of drug-likeness (QED) is 0.791. The van der Waals surface area contributed by atoms with Crippen LogP contribution in [0.2, 0.25) is 0 Å². The number of benzene rings is 1. The second-order valence-corrected chi connectivity index (χ2v) is 6.80. The number of hydrogen-bond acceptors (Lipinski definition) is 3. The monoisotopic (exact) mass is 343 g/mol. The zero-order valence-corrected chi connectivity index (χ0v) is 14.7. The summed E-state index contributed by atoms with van der Waals surface area (Å²) in [6.45, 7) is 11.1. The van der Waals surface area contributed by atoms with Crippen LogP contribution in [0.4, 0.5) is 0 Å². The van der Waals surface area contributed by atoms with Gasteiger partial charge in [-0.3, -0.25) is 0 Å². The molecule has 0 saturated heterocycles. The van der Waals surface area contributed by atoms with E-state index in [1.165, 1.54) is 0 Å². The van der Waals surface area contributed by atoms with Gasteiger partial charge in [0.15, 0.2) is 0 Å². The Balaban J connectivity index is 2.92. The number of hydrogen-bond donors (Lipinski definition) is 2. The van der Waals surface area contributed by atoms with Crippen molar-refractivity contribution in [3.8, 4) is 5.75 Å². The van der Waals surface area contributed by atoms with E-state index in [2.05, 4.69) is 41.2 Å². The molecule has 0 heterocycles. The molecule has 0 aliphatic carbocycles. The second kappa shape index (κ2) is 7.43. The van der Waals surface area contributed by atoms with E-state index in [-0.39, 0.29) is 0 Å². The highest BCUT2D eigenvalue weighted by atomic mass is 79.9. The molecule has 1 unspecified atom stereocenters. The topological polar surface area (TPSA) is 41.5 Å². The molecule has 1 rings (SSSR count). The highest BCUT2D eigenvalue weighted by Gasteiger charge is 2.20. The van der Waals surface area contributed by atoms with Crippen molar-refractivity contribution in [1.29, 1.82) is 0 Å². The molecule has 4 heteroatoms. The van der Waals surface area contributed by atoms with Crippen molar-refractivity contribution in [2.45, 2.75) is 59.2 Å². The van der Waals surface area contributed by atoms with Gasteiger partial charge in [0, 0.05) is 22.6 Å². The predicted molar refractivity (Wildman–Crippen MR) is 87.3 cm³/mol. The van der Waals surface area contributed by atoms with Crippen LogP contribution in [0.1, 0.15) is 45.2 Å². The molecule has 0 bridgehead atoms. The van der Waals surface area contributed by atoms with Crippen molar-refractivity contribution in [3.63, 3.8) is 0 Å². The maximum atomic E-state index is 10.1. The molecule has 0 radical (unpaired) electrons. The summed E-state index contributed by atoms with van der Waals surface area (Å²) in [6, 6.07) is 4.52. The average molecular weight is 344 g/mol. The SMILES string of the molecule is CCC(C)(O)COc1c(C)cc(Br)cc1CNC(C)C. The molecular weight excluding hydrogens is 318 g/mol. The number of rotatable bonds is 7. The Bertz CT molecular complexity index is 444. The molecule has 3 nitrogen and oxygen atoms in total. The lowest BCUT2D eigenvalue weighted by Gasteiger charge is -2.24. The van der Waals surface area contributed by atoms with E-state index in [1.807, 2.05) is 19.9 Å². The lowest BCUT2D eigenvalue weighted by atomic mass is 10.1. The molecule has 1 aromatic carbocycles. The zero-order valence-electron chi connectivity index (χ0n) is 13.1. The van der Waals surface area contributed by atoms with Gasteiger partial charge in [0.1, 0.15) is 12.4 Å². The van der Waals surface area contributed by atoms with Crippen LogP contribution in [-0.4, -0.2) is 23.4 Å². The third kappa shape index (κ3) is 5.43. The molecule has 1 aromatic rings. The first-order valence-corrected chi connectivity index (χ1v) is 7.92. The van der Waals surface area contributed by atoms with Gasteiger partial charge < -0.3 is 15.2 Å². The van der Waals surface area contributed by atoms with Gasteiger partial charge in [0.2, 0.25) is 0 Å². The van der Waals surface area contributed by atoms with Gasteiger partial charge in [-0.25, -0.2) is 0 Å². The second-order valence-electron chi connectivity index (χ2n) is 5.89. The Hall–Kier alpha value is -0.580. The number of aliphatic hydroxyl groups is 1. The Morgan fingerprint density at radius 2 is 2.05 bits per heavy atom. The van der Waals surface area contributed by atoms with E-state index in [9.17, 15) is 5.11 Å². The predicted octanol–water partition coefficient (Wildman–Crippen LogP) is 3.80. The minimum atomic E-state index is -0.789. The Kier molecular flexibility index (Phi) is 6.49. The number of halogens is 1. The smallest absolute Gasteiger partial charge is 0.126 e. The van der Waals surface area contributed by atoms with Crippen LogP contribution >= 0.6 is 15.9 Å². The fraction of sp³-hybridized carbons (Fsp3) is 0.625. The molecule has 0 aromatic heterocycles. The summed E-state index contributed by atoms with van der Waals surface area (Å²) in [4.78, 5) is 0. The summed E-state index contributed by atoms with van der Waals surface area (Å²) in [5.74, 6) is 0.870. The van der Waals surface area contributed by atoms with E-state index >= 15 is 0 Å². The number of ether oxygens (including phenoxy) is 1. The van der Waals surface area contributed by atoms with Crippen molar-refractivity contribution in [1.82, 2.24) is 5.32 Å². The Labute approximate surface area is 130 Å². The summed E-state index contributed by atoms with van der Waals surface area (Å²) < 4.78 is 6.95. The van der Waals surface area contributed by atoms with Gasteiger partial charge in [-0.1, -0.05) is 36.7 Å². The largest absolute Gasteiger partial charge is 0.490 e. The van der Waals surface area contributed by atoms with Crippen LogP contribution in [0.15, 0.2) is 16.6 Å². The highest BCUT2D eigenvalue weighted by molar-refractivity contribution is 9.10. The van der Waals surface area contributed by atoms with E-state index in [1.54, 1.807) is 6.92 Å². The standard InChI is InChI=1S/C16H26BrNO2/c1-6-16(5,19)10-20-15-12(4)7-14(17)8-13(15)9-18-11(2)3/h7-8,11,18-19H,6,9-10H2,1-5H3. The molecule has 0 fully saturated rings. The highest BCUT2D eigenvalue weighted by Crippen LogP contribution is 2.29. The van der Waals surface area contributed by atoms with Crippen LogP contribution in [0.5, 0.6) is 5.75 Å². The number of nitrogens with one attached hydrogen (secondary N) is 1. The summed E-state index contributed by atoms with van der Waals surface area (Å²) in [5, 5.41) is 13.5. The maximum Gasteiger partial charge on any atom is 0.126 e. The first kappa shape index (κ1) is 17.5. The fourth-order valence-corrected chi connectivity index (χ4v) is 2.40.